The van der Waals surface area contributed by atoms with E-state index >= 15 is 0 Å². The van der Waals surface area contributed by atoms with Gasteiger partial charge in [0.1, 0.15) is 5.58 Å². The van der Waals surface area contributed by atoms with E-state index in [0.717, 1.165) is 50.4 Å². The molecule has 0 bridgehead atoms. The fourth-order valence-corrected chi connectivity index (χ4v) is 12.9. The molecule has 8 aromatic carbocycles. The van der Waals surface area contributed by atoms with E-state index in [1.165, 1.54) is 83.3 Å². The first-order chi connectivity index (χ1) is 35.0. The molecule has 74 heavy (non-hydrogen) atoms. The molecule has 10 aromatic rings. The summed E-state index contributed by atoms with van der Waals surface area (Å²) in [5.74, 6) is 0. The van der Waals surface area contributed by atoms with Gasteiger partial charge in [0.2, 0.25) is 0 Å². The molecule has 1 aliphatic carbocycles. The topological polar surface area (TPSA) is 24.6 Å². The van der Waals surface area contributed by atoms with Crippen molar-refractivity contribution < 1.29 is 4.42 Å². The van der Waals surface area contributed by atoms with E-state index in [0.29, 0.717) is 0 Å². The molecule has 368 valence electrons. The van der Waals surface area contributed by atoms with Gasteiger partial charge in [0.15, 0.2) is 5.58 Å². The number of nitrogens with zero attached hydrogens (tertiary/aromatic N) is 3. The maximum Gasteiger partial charge on any atom is 0.252 e. The predicted molar refractivity (Wildman–Crippen MR) is 317 cm³/mol. The number of anilines is 6. The van der Waals surface area contributed by atoms with Gasteiger partial charge in [-0.3, -0.25) is 0 Å². The van der Waals surface area contributed by atoms with E-state index in [1.54, 1.807) is 0 Å². The van der Waals surface area contributed by atoms with Crippen molar-refractivity contribution in [3.63, 3.8) is 0 Å². The average Bonchev–Trinajstić information content (AvgIpc) is 4.00. The molecule has 0 saturated heterocycles. The molecule has 5 heteroatoms. The molecule has 0 amide bonds. The fraction of sp³-hybridized carbons (Fsp3) is 0.275. The molecule has 0 unspecified atom stereocenters. The number of aromatic nitrogens is 1. The predicted octanol–water partition coefficient (Wildman–Crippen LogP) is 17.1. The SMILES string of the molecule is CC(C)(C)c1ccc(N(c2ccc(C(C)(C)C)cc2)c2cc3c4c(c2)-n2c5c(c6cccc(c62)B4c2ccc(C(C)(C)C)cc2N3c2cccc3c2oc2cc(C(C)(C)C)ccc23)-c2ccccc2C5(C)C)cc1. The molecule has 0 N–H and O–H groups in total. The summed E-state index contributed by atoms with van der Waals surface area (Å²) in [5, 5.41) is 3.57. The lowest BCUT2D eigenvalue weighted by molar-refractivity contribution is 0.587. The Labute approximate surface area is 438 Å². The summed E-state index contributed by atoms with van der Waals surface area (Å²) < 4.78 is 9.95. The highest BCUT2D eigenvalue weighted by Crippen LogP contribution is 2.56. The van der Waals surface area contributed by atoms with Crippen molar-refractivity contribution >= 4 is 90.1 Å². The van der Waals surface area contributed by atoms with Crippen LogP contribution < -0.4 is 26.2 Å². The van der Waals surface area contributed by atoms with Gasteiger partial charge >= 0.3 is 0 Å². The van der Waals surface area contributed by atoms with Gasteiger partial charge in [-0.2, -0.15) is 0 Å². The summed E-state index contributed by atoms with van der Waals surface area (Å²) in [7, 11) is 0. The minimum Gasteiger partial charge on any atom is -0.454 e. The van der Waals surface area contributed by atoms with E-state index in [9.17, 15) is 0 Å². The van der Waals surface area contributed by atoms with Crippen LogP contribution in [0.25, 0.3) is 49.7 Å². The van der Waals surface area contributed by atoms with Crippen molar-refractivity contribution in [1.29, 1.82) is 0 Å². The van der Waals surface area contributed by atoms with Crippen LogP contribution in [0.3, 0.4) is 0 Å². The Hall–Kier alpha value is -7.24. The standard InChI is InChI=1S/C69H68BN3O/c1-65(2,3)41-25-31-45(32-26-41)71(46-33-27-42(28-34-46)66(4,5)6)47-39-57-61-58(40-47)73-62-51(60-50-19-15-16-22-52(50)69(13,14)64(60)73)21-17-23-54(62)70(61)53-36-30-43(67(7,8)9)37-56(53)72(57)55-24-18-20-49-48-35-29-44(68(10,11)12)38-59(48)74-63(49)55/h15-40H,1-14H3. The summed E-state index contributed by atoms with van der Waals surface area (Å²) in [6, 6.07) is 60.8. The van der Waals surface area contributed by atoms with E-state index in [-0.39, 0.29) is 33.8 Å². The molecule has 0 fully saturated rings. The summed E-state index contributed by atoms with van der Waals surface area (Å²) in [6.07, 6.45) is 0. The number of fused-ring (bicyclic) bond motifs is 12. The van der Waals surface area contributed by atoms with Crippen LogP contribution >= 0.6 is 0 Å². The molecule has 2 aromatic heterocycles. The van der Waals surface area contributed by atoms with Crippen molar-refractivity contribution in [3.05, 3.63) is 191 Å². The zero-order valence-corrected chi connectivity index (χ0v) is 45.8. The first-order valence-electron chi connectivity index (χ1n) is 26.9. The molecule has 4 nitrogen and oxygen atoms in total. The van der Waals surface area contributed by atoms with Gasteiger partial charge in [-0.05, 0) is 126 Å². The normalized spacial score (nSPS) is 14.7. The van der Waals surface area contributed by atoms with Gasteiger partial charge in [0.05, 0.1) is 11.4 Å². The van der Waals surface area contributed by atoms with E-state index < -0.39 is 0 Å². The van der Waals surface area contributed by atoms with Crippen molar-refractivity contribution in [2.24, 2.45) is 0 Å². The number of hydrogen-bond donors (Lipinski definition) is 0. The van der Waals surface area contributed by atoms with Crippen LogP contribution in [0.4, 0.5) is 34.1 Å². The highest BCUT2D eigenvalue weighted by molar-refractivity contribution is 7.00. The summed E-state index contributed by atoms with van der Waals surface area (Å²) in [5.41, 5.74) is 25.2. The van der Waals surface area contributed by atoms with Crippen molar-refractivity contribution in [2.45, 2.75) is 124 Å². The average molecular weight is 966 g/mol. The van der Waals surface area contributed by atoms with E-state index in [1.807, 2.05) is 0 Å². The van der Waals surface area contributed by atoms with Gasteiger partial charge in [-0.15, -0.1) is 0 Å². The third-order valence-corrected chi connectivity index (χ3v) is 17.0. The first-order valence-corrected chi connectivity index (χ1v) is 26.9. The van der Waals surface area contributed by atoms with Gasteiger partial charge in [0.25, 0.3) is 6.71 Å². The lowest BCUT2D eigenvalue weighted by Gasteiger charge is -2.42. The summed E-state index contributed by atoms with van der Waals surface area (Å²) in [4.78, 5) is 5.08. The maximum absolute atomic E-state index is 7.25. The molecular formula is C69H68BN3O. The number of rotatable bonds is 4. The Kier molecular flexibility index (Phi) is 9.70. The van der Waals surface area contributed by atoms with Crippen LogP contribution in [0.2, 0.25) is 0 Å². The lowest BCUT2D eigenvalue weighted by atomic mass is 9.33. The largest absolute Gasteiger partial charge is 0.454 e. The first kappa shape index (κ1) is 46.5. The third kappa shape index (κ3) is 6.73. The highest BCUT2D eigenvalue weighted by atomic mass is 16.3. The molecule has 0 radical (unpaired) electrons. The Morgan fingerprint density at radius 1 is 0.459 bits per heavy atom. The van der Waals surface area contributed by atoms with Crippen molar-refractivity contribution in [3.8, 4) is 16.8 Å². The molecule has 13 rings (SSSR count). The molecule has 0 atom stereocenters. The number of benzene rings is 8. The van der Waals surface area contributed by atoms with Crippen LogP contribution in [0.5, 0.6) is 0 Å². The number of hydrogen-bond acceptors (Lipinski definition) is 3. The van der Waals surface area contributed by atoms with E-state index in [4.69, 9.17) is 4.42 Å². The third-order valence-electron chi connectivity index (χ3n) is 17.0. The van der Waals surface area contributed by atoms with E-state index in [2.05, 4.69) is 269 Å². The second-order valence-electron chi connectivity index (χ2n) is 26.3. The summed E-state index contributed by atoms with van der Waals surface area (Å²) >= 11 is 0. The number of furan rings is 1. The molecule has 2 aliphatic heterocycles. The Morgan fingerprint density at radius 2 is 1.03 bits per heavy atom. The zero-order valence-electron chi connectivity index (χ0n) is 45.8. The van der Waals surface area contributed by atoms with Crippen LogP contribution in [-0.2, 0) is 27.1 Å². The highest BCUT2D eigenvalue weighted by Gasteiger charge is 2.48. The minimum absolute atomic E-state index is 0.00640. The van der Waals surface area contributed by atoms with Crippen LogP contribution in [0.15, 0.2) is 162 Å². The van der Waals surface area contributed by atoms with Gasteiger partial charge in [-0.25, -0.2) is 0 Å². The lowest BCUT2D eigenvalue weighted by Crippen LogP contribution is -2.60. The second-order valence-corrected chi connectivity index (χ2v) is 26.3. The molecule has 3 aliphatic rings. The quantitative estimate of drug-likeness (QED) is 0.164. The van der Waals surface area contributed by atoms with Crippen molar-refractivity contribution in [2.75, 3.05) is 9.80 Å². The van der Waals surface area contributed by atoms with Gasteiger partial charge < -0.3 is 18.8 Å². The van der Waals surface area contributed by atoms with Gasteiger partial charge in [0, 0.05) is 66.8 Å². The van der Waals surface area contributed by atoms with Crippen LogP contribution in [0, 0.1) is 0 Å². The van der Waals surface area contributed by atoms with Crippen molar-refractivity contribution in [1.82, 2.24) is 4.57 Å². The maximum atomic E-state index is 7.25. The molecular weight excluding hydrogens is 898 g/mol. The number of para-hydroxylation sites is 2. The zero-order chi connectivity index (χ0) is 51.8. The Balaban J connectivity index is 1.18. The van der Waals surface area contributed by atoms with Crippen LogP contribution in [0.1, 0.15) is 130 Å². The Bertz CT molecular complexity index is 3910. The fourth-order valence-electron chi connectivity index (χ4n) is 12.9. The second kappa shape index (κ2) is 15.4. The molecule has 0 spiro atoms. The minimum atomic E-state index is -0.275. The molecule has 4 heterocycles. The van der Waals surface area contributed by atoms with Crippen LogP contribution in [-0.4, -0.2) is 11.3 Å². The summed E-state index contributed by atoms with van der Waals surface area (Å²) in [6.45, 7) is 32.5. The molecule has 0 saturated carbocycles. The smallest absolute Gasteiger partial charge is 0.252 e. The monoisotopic (exact) mass is 966 g/mol. The van der Waals surface area contributed by atoms with Gasteiger partial charge in [-0.1, -0.05) is 200 Å². The Morgan fingerprint density at radius 3 is 1.68 bits per heavy atom.